The highest BCUT2D eigenvalue weighted by atomic mass is 16.2. The average molecular weight is 349 g/mol. The monoisotopic (exact) mass is 349 g/mol. The fourth-order valence-corrected chi connectivity index (χ4v) is 2.97. The number of carbonyl (C=O) groups excluding carboxylic acids is 1. The molecule has 2 aromatic carbocycles. The van der Waals surface area contributed by atoms with Gasteiger partial charge in [-0.1, -0.05) is 47.5 Å². The number of urea groups is 1. The zero-order chi connectivity index (χ0) is 18.5. The van der Waals surface area contributed by atoms with Gasteiger partial charge in [-0.15, -0.1) is 0 Å². The summed E-state index contributed by atoms with van der Waals surface area (Å²) in [5.74, 6) is 0. The largest absolute Gasteiger partial charge is 0.331 e. The number of para-hydroxylation sites is 1. The van der Waals surface area contributed by atoms with Crippen LogP contribution in [0.2, 0.25) is 0 Å². The molecule has 0 saturated carbocycles. The van der Waals surface area contributed by atoms with Crippen molar-refractivity contribution in [3.63, 3.8) is 0 Å². The van der Waals surface area contributed by atoms with Crippen molar-refractivity contribution in [1.29, 1.82) is 0 Å². The van der Waals surface area contributed by atoms with Crippen molar-refractivity contribution in [2.75, 3.05) is 5.32 Å². The molecule has 0 aliphatic rings. The molecular formula is C20H23N5O. The Bertz CT molecular complexity index is 869. The summed E-state index contributed by atoms with van der Waals surface area (Å²) >= 11 is 0. The van der Waals surface area contributed by atoms with Crippen LogP contribution in [0.15, 0.2) is 55.1 Å². The van der Waals surface area contributed by atoms with Crippen LogP contribution in [0.25, 0.3) is 0 Å². The Morgan fingerprint density at radius 3 is 2.58 bits per heavy atom. The Morgan fingerprint density at radius 1 is 1.15 bits per heavy atom. The molecule has 0 bridgehead atoms. The maximum atomic E-state index is 12.5. The zero-order valence-electron chi connectivity index (χ0n) is 15.2. The Balaban J connectivity index is 1.68. The summed E-state index contributed by atoms with van der Waals surface area (Å²) < 4.78 is 1.72. The third kappa shape index (κ3) is 4.47. The van der Waals surface area contributed by atoms with Crippen LogP contribution in [-0.4, -0.2) is 20.8 Å². The third-order valence-electron chi connectivity index (χ3n) is 4.16. The fraction of sp³-hybridized carbons (Fsp3) is 0.250. The molecule has 134 valence electrons. The maximum absolute atomic E-state index is 12.5. The summed E-state index contributed by atoms with van der Waals surface area (Å²) in [5, 5.41) is 10.1. The van der Waals surface area contributed by atoms with Crippen molar-refractivity contribution < 1.29 is 4.79 Å². The van der Waals surface area contributed by atoms with Crippen molar-refractivity contribution in [3.8, 4) is 0 Å². The lowest BCUT2D eigenvalue weighted by Gasteiger charge is -2.17. The topological polar surface area (TPSA) is 71.8 Å². The second kappa shape index (κ2) is 7.82. The van der Waals surface area contributed by atoms with Crippen LogP contribution in [0, 0.1) is 13.8 Å². The van der Waals surface area contributed by atoms with Crippen LogP contribution < -0.4 is 10.6 Å². The van der Waals surface area contributed by atoms with Crippen LogP contribution in [0.3, 0.4) is 0 Å². The van der Waals surface area contributed by atoms with E-state index in [-0.39, 0.29) is 12.1 Å². The lowest BCUT2D eigenvalue weighted by atomic mass is 10.0. The van der Waals surface area contributed by atoms with Gasteiger partial charge >= 0.3 is 6.03 Å². The van der Waals surface area contributed by atoms with E-state index in [9.17, 15) is 4.79 Å². The van der Waals surface area contributed by atoms with Gasteiger partial charge in [0.05, 0.1) is 12.6 Å². The lowest BCUT2D eigenvalue weighted by molar-refractivity contribution is 0.249. The van der Waals surface area contributed by atoms with E-state index in [1.54, 1.807) is 11.0 Å². The van der Waals surface area contributed by atoms with Gasteiger partial charge in [-0.2, -0.15) is 5.10 Å². The van der Waals surface area contributed by atoms with E-state index < -0.39 is 0 Å². The molecule has 2 amide bonds. The van der Waals surface area contributed by atoms with Gasteiger partial charge in [-0.05, 0) is 38.0 Å². The molecule has 6 nitrogen and oxygen atoms in total. The van der Waals surface area contributed by atoms with Crippen LogP contribution >= 0.6 is 0 Å². The molecule has 0 saturated heterocycles. The summed E-state index contributed by atoms with van der Waals surface area (Å²) in [6.45, 7) is 6.64. The van der Waals surface area contributed by atoms with Gasteiger partial charge in [0.15, 0.2) is 0 Å². The number of rotatable bonds is 5. The van der Waals surface area contributed by atoms with Crippen molar-refractivity contribution in [2.24, 2.45) is 0 Å². The number of hydrogen-bond donors (Lipinski definition) is 2. The number of benzene rings is 2. The summed E-state index contributed by atoms with van der Waals surface area (Å²) in [7, 11) is 0. The minimum absolute atomic E-state index is 0.0870. The highest BCUT2D eigenvalue weighted by Crippen LogP contribution is 2.18. The Morgan fingerprint density at radius 2 is 1.88 bits per heavy atom. The van der Waals surface area contributed by atoms with Gasteiger partial charge in [-0.3, -0.25) is 0 Å². The number of aromatic nitrogens is 3. The number of nitrogens with one attached hydrogen (secondary N) is 2. The molecule has 1 aromatic heterocycles. The van der Waals surface area contributed by atoms with E-state index in [1.807, 2.05) is 31.2 Å². The van der Waals surface area contributed by atoms with Gasteiger partial charge < -0.3 is 10.6 Å². The van der Waals surface area contributed by atoms with Crippen LogP contribution in [0.5, 0.6) is 0 Å². The first-order chi connectivity index (χ1) is 12.5. The van der Waals surface area contributed by atoms with Gasteiger partial charge in [0, 0.05) is 5.69 Å². The molecule has 0 aliphatic heterocycles. The first kappa shape index (κ1) is 17.7. The molecule has 1 unspecified atom stereocenters. The molecule has 6 heteroatoms. The third-order valence-corrected chi connectivity index (χ3v) is 4.16. The molecule has 0 radical (unpaired) electrons. The Labute approximate surface area is 153 Å². The molecule has 1 atom stereocenters. The number of amides is 2. The van der Waals surface area contributed by atoms with Crippen molar-refractivity contribution in [2.45, 2.75) is 33.4 Å². The van der Waals surface area contributed by atoms with E-state index >= 15 is 0 Å². The fourth-order valence-electron chi connectivity index (χ4n) is 2.97. The van der Waals surface area contributed by atoms with Gasteiger partial charge in [0.2, 0.25) is 0 Å². The van der Waals surface area contributed by atoms with Gasteiger partial charge in [0.25, 0.3) is 0 Å². The van der Waals surface area contributed by atoms with Crippen molar-refractivity contribution in [1.82, 2.24) is 20.1 Å². The van der Waals surface area contributed by atoms with Crippen molar-refractivity contribution in [3.05, 3.63) is 77.4 Å². The molecule has 3 aromatic rings. The minimum atomic E-state index is -0.234. The molecule has 0 fully saturated rings. The molecule has 0 aliphatic carbocycles. The van der Waals surface area contributed by atoms with E-state index in [0.717, 1.165) is 16.8 Å². The molecule has 0 spiro atoms. The summed E-state index contributed by atoms with van der Waals surface area (Å²) in [4.78, 5) is 16.4. The highest BCUT2D eigenvalue weighted by molar-refractivity contribution is 5.90. The first-order valence-electron chi connectivity index (χ1n) is 8.57. The Hall–Kier alpha value is -3.15. The quantitative estimate of drug-likeness (QED) is 0.735. The smallest absolute Gasteiger partial charge is 0.319 e. The second-order valence-corrected chi connectivity index (χ2v) is 6.49. The van der Waals surface area contributed by atoms with Crippen molar-refractivity contribution >= 4 is 11.7 Å². The normalized spacial score (nSPS) is 11.8. The van der Waals surface area contributed by atoms with E-state index in [2.05, 4.69) is 52.8 Å². The van der Waals surface area contributed by atoms with Gasteiger partial charge in [-0.25, -0.2) is 14.5 Å². The summed E-state index contributed by atoms with van der Waals surface area (Å²) in [6, 6.07) is 13.7. The zero-order valence-corrected chi connectivity index (χ0v) is 15.2. The summed E-state index contributed by atoms with van der Waals surface area (Å²) in [5.41, 5.74) is 5.19. The number of nitrogens with zero attached hydrogens (tertiary/aromatic N) is 3. The van der Waals surface area contributed by atoms with E-state index in [4.69, 9.17) is 0 Å². The first-order valence-corrected chi connectivity index (χ1v) is 8.57. The predicted molar refractivity (Wildman–Crippen MR) is 102 cm³/mol. The highest BCUT2D eigenvalue weighted by Gasteiger charge is 2.12. The standard InChI is InChI=1S/C20H23N5O/c1-14-8-15(2)10-18(9-14)16(3)23-20(26)24-19-7-5-4-6-17(19)11-25-13-21-12-22-25/h4-10,12-13,16H,11H2,1-3H3,(H2,23,24,26). The van der Waals surface area contributed by atoms with Gasteiger partial charge in [0.1, 0.15) is 12.7 Å². The molecular weight excluding hydrogens is 326 g/mol. The lowest BCUT2D eigenvalue weighted by Crippen LogP contribution is -2.31. The summed E-state index contributed by atoms with van der Waals surface area (Å²) in [6.07, 6.45) is 3.15. The predicted octanol–water partition coefficient (Wildman–Crippen LogP) is 3.83. The SMILES string of the molecule is Cc1cc(C)cc(C(C)NC(=O)Nc2ccccc2Cn2cncn2)c1. The second-order valence-electron chi connectivity index (χ2n) is 6.49. The minimum Gasteiger partial charge on any atom is -0.331 e. The van der Waals surface area contributed by atoms with E-state index in [0.29, 0.717) is 6.54 Å². The number of aryl methyl sites for hydroxylation is 2. The molecule has 2 N–H and O–H groups in total. The maximum Gasteiger partial charge on any atom is 0.319 e. The number of hydrogen-bond acceptors (Lipinski definition) is 3. The number of carbonyl (C=O) groups is 1. The molecule has 3 rings (SSSR count). The van der Waals surface area contributed by atoms with Crippen LogP contribution in [0.1, 0.15) is 35.2 Å². The number of anilines is 1. The van der Waals surface area contributed by atoms with Crippen LogP contribution in [0.4, 0.5) is 10.5 Å². The molecule has 26 heavy (non-hydrogen) atoms. The Kier molecular flexibility index (Phi) is 5.31. The molecule has 1 heterocycles. The van der Waals surface area contributed by atoms with E-state index in [1.165, 1.54) is 17.5 Å². The average Bonchev–Trinajstić information content (AvgIpc) is 3.08. The van der Waals surface area contributed by atoms with Crippen LogP contribution in [-0.2, 0) is 6.54 Å².